The van der Waals surface area contributed by atoms with E-state index in [9.17, 15) is 4.79 Å². The van der Waals surface area contributed by atoms with Crippen LogP contribution in [0.2, 0.25) is 0 Å². The number of carbonyl (C=O) groups is 1. The van der Waals surface area contributed by atoms with E-state index >= 15 is 0 Å². The van der Waals surface area contributed by atoms with Gasteiger partial charge in [-0.15, -0.1) is 0 Å². The van der Waals surface area contributed by atoms with Crippen molar-refractivity contribution in [2.45, 2.75) is 0 Å². The molecule has 1 aromatic carbocycles. The SMILES string of the molecule is COCCOc1ccc(NC(N)=O)c(N)c1. The molecule has 0 aliphatic carbocycles. The van der Waals surface area contributed by atoms with E-state index in [2.05, 4.69) is 5.32 Å². The summed E-state index contributed by atoms with van der Waals surface area (Å²) in [5.41, 5.74) is 11.5. The van der Waals surface area contributed by atoms with Gasteiger partial charge in [-0.05, 0) is 12.1 Å². The molecule has 0 radical (unpaired) electrons. The van der Waals surface area contributed by atoms with E-state index in [4.69, 9.17) is 20.9 Å². The first-order valence-corrected chi connectivity index (χ1v) is 4.71. The van der Waals surface area contributed by atoms with Crippen LogP contribution in [0.5, 0.6) is 5.75 Å². The van der Waals surface area contributed by atoms with Gasteiger partial charge in [0.2, 0.25) is 0 Å². The summed E-state index contributed by atoms with van der Waals surface area (Å²) in [6.07, 6.45) is 0. The Balaban J connectivity index is 2.63. The van der Waals surface area contributed by atoms with Crippen LogP contribution in [-0.2, 0) is 4.74 Å². The number of amides is 2. The number of hydrogen-bond donors (Lipinski definition) is 3. The zero-order chi connectivity index (χ0) is 12.0. The summed E-state index contributed by atoms with van der Waals surface area (Å²) >= 11 is 0. The Morgan fingerprint density at radius 1 is 1.44 bits per heavy atom. The molecule has 2 amide bonds. The lowest BCUT2D eigenvalue weighted by Gasteiger charge is -2.09. The van der Waals surface area contributed by atoms with Gasteiger partial charge in [0, 0.05) is 13.2 Å². The van der Waals surface area contributed by atoms with E-state index in [-0.39, 0.29) is 0 Å². The Morgan fingerprint density at radius 3 is 2.75 bits per heavy atom. The molecular formula is C10H15N3O3. The maximum atomic E-state index is 10.6. The first-order chi connectivity index (χ1) is 7.63. The van der Waals surface area contributed by atoms with Gasteiger partial charge in [-0.2, -0.15) is 0 Å². The molecule has 0 aromatic heterocycles. The molecule has 0 aliphatic rings. The van der Waals surface area contributed by atoms with Gasteiger partial charge < -0.3 is 26.3 Å². The summed E-state index contributed by atoms with van der Waals surface area (Å²) < 4.78 is 10.2. The molecule has 0 saturated carbocycles. The largest absolute Gasteiger partial charge is 0.491 e. The van der Waals surface area contributed by atoms with Crippen LogP contribution in [-0.4, -0.2) is 26.4 Å². The molecule has 0 fully saturated rings. The Labute approximate surface area is 93.5 Å². The quantitative estimate of drug-likeness (QED) is 0.509. The van der Waals surface area contributed by atoms with Crippen LogP contribution in [0, 0.1) is 0 Å². The van der Waals surface area contributed by atoms with Gasteiger partial charge in [0.25, 0.3) is 0 Å². The molecule has 0 saturated heterocycles. The summed E-state index contributed by atoms with van der Waals surface area (Å²) in [7, 11) is 1.59. The highest BCUT2D eigenvalue weighted by atomic mass is 16.5. The molecule has 0 atom stereocenters. The molecule has 0 bridgehead atoms. The van der Waals surface area contributed by atoms with E-state index in [1.54, 1.807) is 25.3 Å². The fourth-order valence-electron chi connectivity index (χ4n) is 1.12. The zero-order valence-electron chi connectivity index (χ0n) is 9.03. The van der Waals surface area contributed by atoms with Crippen molar-refractivity contribution < 1.29 is 14.3 Å². The lowest BCUT2D eigenvalue weighted by atomic mass is 10.2. The second kappa shape index (κ2) is 5.82. The number of benzene rings is 1. The minimum absolute atomic E-state index is 0.397. The van der Waals surface area contributed by atoms with Crippen LogP contribution in [0.1, 0.15) is 0 Å². The smallest absolute Gasteiger partial charge is 0.316 e. The fraction of sp³-hybridized carbons (Fsp3) is 0.300. The highest BCUT2D eigenvalue weighted by Crippen LogP contribution is 2.23. The number of nitrogens with one attached hydrogen (secondary N) is 1. The van der Waals surface area contributed by atoms with Crippen molar-refractivity contribution >= 4 is 17.4 Å². The number of carbonyl (C=O) groups excluding carboxylic acids is 1. The number of hydrogen-bond acceptors (Lipinski definition) is 4. The van der Waals surface area contributed by atoms with E-state index < -0.39 is 6.03 Å². The second-order valence-electron chi connectivity index (χ2n) is 3.08. The molecule has 88 valence electrons. The maximum absolute atomic E-state index is 10.6. The van der Waals surface area contributed by atoms with E-state index in [1.807, 2.05) is 0 Å². The van der Waals surface area contributed by atoms with Crippen LogP contribution in [0.4, 0.5) is 16.2 Å². The normalized spacial score (nSPS) is 9.81. The Hall–Kier alpha value is -1.95. The average Bonchev–Trinajstić information content (AvgIpc) is 2.22. The number of nitrogen functional groups attached to an aromatic ring is 1. The van der Waals surface area contributed by atoms with Crippen LogP contribution in [0.15, 0.2) is 18.2 Å². The molecule has 0 heterocycles. The highest BCUT2D eigenvalue weighted by molar-refractivity contribution is 5.91. The minimum Gasteiger partial charge on any atom is -0.491 e. The van der Waals surface area contributed by atoms with Crippen molar-refractivity contribution in [3.05, 3.63) is 18.2 Å². The van der Waals surface area contributed by atoms with Crippen molar-refractivity contribution in [3.8, 4) is 5.75 Å². The zero-order valence-corrected chi connectivity index (χ0v) is 9.03. The molecule has 6 nitrogen and oxygen atoms in total. The second-order valence-corrected chi connectivity index (χ2v) is 3.08. The number of primary amides is 1. The molecule has 16 heavy (non-hydrogen) atoms. The number of ether oxygens (including phenoxy) is 2. The number of urea groups is 1. The number of anilines is 2. The third-order valence-corrected chi connectivity index (χ3v) is 1.84. The van der Waals surface area contributed by atoms with Gasteiger partial charge in [0.1, 0.15) is 12.4 Å². The van der Waals surface area contributed by atoms with Crippen LogP contribution >= 0.6 is 0 Å². The van der Waals surface area contributed by atoms with Crippen molar-refractivity contribution in [1.82, 2.24) is 0 Å². The van der Waals surface area contributed by atoms with Crippen molar-refractivity contribution in [3.63, 3.8) is 0 Å². The Morgan fingerprint density at radius 2 is 2.19 bits per heavy atom. The monoisotopic (exact) mass is 225 g/mol. The average molecular weight is 225 g/mol. The van der Waals surface area contributed by atoms with Crippen molar-refractivity contribution in [2.75, 3.05) is 31.4 Å². The topological polar surface area (TPSA) is 99.6 Å². The minimum atomic E-state index is -0.653. The van der Waals surface area contributed by atoms with Crippen LogP contribution in [0.25, 0.3) is 0 Å². The van der Waals surface area contributed by atoms with Gasteiger partial charge in [0.15, 0.2) is 0 Å². The summed E-state index contributed by atoms with van der Waals surface area (Å²) in [6.45, 7) is 0.944. The molecule has 0 aliphatic heterocycles. The van der Waals surface area contributed by atoms with Crippen molar-refractivity contribution in [2.24, 2.45) is 5.73 Å². The van der Waals surface area contributed by atoms with E-state index in [0.29, 0.717) is 30.3 Å². The molecule has 1 aromatic rings. The standard InChI is InChI=1S/C10H15N3O3/c1-15-4-5-16-7-2-3-9(8(11)6-7)13-10(12)14/h2-3,6H,4-5,11H2,1H3,(H3,12,13,14). The molecule has 1 rings (SSSR count). The Kier molecular flexibility index (Phi) is 4.41. The molecule has 0 spiro atoms. The maximum Gasteiger partial charge on any atom is 0.316 e. The first kappa shape index (κ1) is 12.1. The van der Waals surface area contributed by atoms with Gasteiger partial charge in [-0.25, -0.2) is 4.79 Å². The van der Waals surface area contributed by atoms with Crippen LogP contribution < -0.4 is 21.5 Å². The third-order valence-electron chi connectivity index (χ3n) is 1.84. The van der Waals surface area contributed by atoms with Gasteiger partial charge in [-0.3, -0.25) is 0 Å². The van der Waals surface area contributed by atoms with E-state index in [1.165, 1.54) is 0 Å². The summed E-state index contributed by atoms with van der Waals surface area (Å²) in [6, 6.07) is 4.28. The fourth-order valence-corrected chi connectivity index (χ4v) is 1.12. The van der Waals surface area contributed by atoms with Gasteiger partial charge in [-0.1, -0.05) is 0 Å². The molecular weight excluding hydrogens is 210 g/mol. The number of rotatable bonds is 5. The predicted molar refractivity (Wildman–Crippen MR) is 61.4 cm³/mol. The lowest BCUT2D eigenvalue weighted by molar-refractivity contribution is 0.146. The van der Waals surface area contributed by atoms with Gasteiger partial charge in [0.05, 0.1) is 18.0 Å². The van der Waals surface area contributed by atoms with Crippen LogP contribution in [0.3, 0.4) is 0 Å². The summed E-state index contributed by atoms with van der Waals surface area (Å²) in [5.74, 6) is 0.615. The van der Waals surface area contributed by atoms with Crippen molar-refractivity contribution in [1.29, 1.82) is 0 Å². The van der Waals surface area contributed by atoms with E-state index in [0.717, 1.165) is 0 Å². The third kappa shape index (κ3) is 3.66. The predicted octanol–water partition coefficient (Wildman–Crippen LogP) is 0.785. The van der Waals surface area contributed by atoms with Gasteiger partial charge >= 0.3 is 6.03 Å². The summed E-state index contributed by atoms with van der Waals surface area (Å²) in [4.78, 5) is 10.6. The number of nitrogens with two attached hydrogens (primary N) is 2. The highest BCUT2D eigenvalue weighted by Gasteiger charge is 2.03. The molecule has 5 N–H and O–H groups in total. The summed E-state index contributed by atoms with van der Waals surface area (Å²) in [5, 5.41) is 2.40. The molecule has 0 unspecified atom stereocenters. The first-order valence-electron chi connectivity index (χ1n) is 4.71. The lowest BCUT2D eigenvalue weighted by Crippen LogP contribution is -2.20. The Bertz CT molecular complexity index is 368. The number of methoxy groups -OCH3 is 1. The molecule has 6 heteroatoms.